The van der Waals surface area contributed by atoms with E-state index in [1.54, 1.807) is 7.11 Å². The van der Waals surface area contributed by atoms with Crippen LogP contribution in [0, 0.1) is 0 Å². The first-order valence-electron chi connectivity index (χ1n) is 5.38. The highest BCUT2D eigenvalue weighted by Crippen LogP contribution is 2.34. The van der Waals surface area contributed by atoms with Gasteiger partial charge in [-0.2, -0.15) is 0 Å². The second-order valence-electron chi connectivity index (χ2n) is 3.87. The Balaban J connectivity index is 2.26. The van der Waals surface area contributed by atoms with E-state index in [2.05, 4.69) is 11.4 Å². The average molecular weight is 226 g/mol. The van der Waals surface area contributed by atoms with Crippen LogP contribution in [-0.4, -0.2) is 13.7 Å². The van der Waals surface area contributed by atoms with Crippen LogP contribution in [0.4, 0.5) is 0 Å². The third-order valence-corrected chi connectivity index (χ3v) is 3.30. The molecule has 0 amide bonds. The second kappa shape index (κ2) is 4.86. The number of nitrogens with one attached hydrogen (secondary N) is 1. The molecule has 2 rings (SSSR count). The molecule has 1 atom stereocenters. The van der Waals surface area contributed by atoms with E-state index >= 15 is 0 Å². The number of halogens is 1. The molecule has 1 saturated heterocycles. The lowest BCUT2D eigenvalue weighted by Gasteiger charge is -2.25. The van der Waals surface area contributed by atoms with Crippen molar-refractivity contribution in [1.82, 2.24) is 5.32 Å². The van der Waals surface area contributed by atoms with Crippen LogP contribution in [-0.2, 0) is 0 Å². The van der Waals surface area contributed by atoms with E-state index in [1.165, 1.54) is 12.8 Å². The van der Waals surface area contributed by atoms with E-state index in [9.17, 15) is 0 Å². The molecule has 1 unspecified atom stereocenters. The number of ether oxygens (including phenoxy) is 1. The van der Waals surface area contributed by atoms with Crippen molar-refractivity contribution in [2.45, 2.75) is 25.3 Å². The van der Waals surface area contributed by atoms with Gasteiger partial charge in [0, 0.05) is 6.04 Å². The van der Waals surface area contributed by atoms with Gasteiger partial charge in [-0.15, -0.1) is 0 Å². The Kier molecular flexibility index (Phi) is 3.49. The molecule has 1 aliphatic heterocycles. The molecule has 0 saturated carbocycles. The monoisotopic (exact) mass is 225 g/mol. The average Bonchev–Trinajstić information content (AvgIpc) is 2.30. The van der Waals surface area contributed by atoms with E-state index in [0.29, 0.717) is 6.04 Å². The molecule has 2 nitrogen and oxygen atoms in total. The van der Waals surface area contributed by atoms with Crippen LogP contribution in [0.2, 0.25) is 5.02 Å². The number of methoxy groups -OCH3 is 1. The van der Waals surface area contributed by atoms with Crippen LogP contribution in [0.1, 0.15) is 30.9 Å². The van der Waals surface area contributed by atoms with E-state index < -0.39 is 0 Å². The number of hydrogen-bond acceptors (Lipinski definition) is 2. The minimum Gasteiger partial charge on any atom is -0.495 e. The summed E-state index contributed by atoms with van der Waals surface area (Å²) in [5.41, 5.74) is 1.16. The molecule has 0 aromatic heterocycles. The summed E-state index contributed by atoms with van der Waals surface area (Å²) in [5, 5.41) is 4.24. The van der Waals surface area contributed by atoms with Crippen molar-refractivity contribution in [2.24, 2.45) is 0 Å². The largest absolute Gasteiger partial charge is 0.495 e. The van der Waals surface area contributed by atoms with Gasteiger partial charge in [-0.3, -0.25) is 0 Å². The van der Waals surface area contributed by atoms with Crippen molar-refractivity contribution in [1.29, 1.82) is 0 Å². The molecule has 1 aromatic carbocycles. The van der Waals surface area contributed by atoms with Crippen molar-refractivity contribution in [3.63, 3.8) is 0 Å². The summed E-state index contributed by atoms with van der Waals surface area (Å²) in [6.07, 6.45) is 3.69. The molecule has 0 bridgehead atoms. The van der Waals surface area contributed by atoms with Crippen molar-refractivity contribution < 1.29 is 4.74 Å². The second-order valence-corrected chi connectivity index (χ2v) is 4.24. The summed E-state index contributed by atoms with van der Waals surface area (Å²) < 4.78 is 5.22. The fraction of sp³-hybridized carbons (Fsp3) is 0.500. The molecular weight excluding hydrogens is 210 g/mol. The highest BCUT2D eigenvalue weighted by atomic mass is 35.5. The number of piperidine rings is 1. The minimum atomic E-state index is 0.390. The van der Waals surface area contributed by atoms with E-state index in [0.717, 1.165) is 29.3 Å². The van der Waals surface area contributed by atoms with Crippen LogP contribution in [0.15, 0.2) is 18.2 Å². The minimum absolute atomic E-state index is 0.390. The maximum absolute atomic E-state index is 6.28. The number of benzene rings is 1. The van der Waals surface area contributed by atoms with Crippen LogP contribution >= 0.6 is 11.6 Å². The fourth-order valence-corrected chi connectivity index (χ4v) is 2.41. The van der Waals surface area contributed by atoms with Crippen molar-refractivity contribution in [2.75, 3.05) is 13.7 Å². The zero-order valence-electron chi connectivity index (χ0n) is 8.92. The van der Waals surface area contributed by atoms with Crippen LogP contribution in [0.25, 0.3) is 0 Å². The first-order valence-corrected chi connectivity index (χ1v) is 5.76. The predicted octanol–water partition coefficient (Wildman–Crippen LogP) is 3.16. The van der Waals surface area contributed by atoms with Gasteiger partial charge in [0.05, 0.1) is 12.1 Å². The van der Waals surface area contributed by atoms with E-state index in [-0.39, 0.29) is 0 Å². The Morgan fingerprint density at radius 3 is 2.93 bits per heavy atom. The van der Waals surface area contributed by atoms with E-state index in [4.69, 9.17) is 16.3 Å². The SMILES string of the molecule is COc1cccc(C2CCCCN2)c1Cl. The van der Waals surface area contributed by atoms with Crippen LogP contribution in [0.5, 0.6) is 5.75 Å². The quantitative estimate of drug-likeness (QED) is 0.835. The Morgan fingerprint density at radius 1 is 1.40 bits per heavy atom. The standard InChI is InChI=1S/C12H16ClNO/c1-15-11-7-4-5-9(12(11)13)10-6-2-3-8-14-10/h4-5,7,10,14H,2-3,6,8H2,1H3. The molecular formula is C12H16ClNO. The van der Waals surface area contributed by atoms with Crippen molar-refractivity contribution >= 4 is 11.6 Å². The number of hydrogen-bond donors (Lipinski definition) is 1. The summed E-state index contributed by atoms with van der Waals surface area (Å²) in [5.74, 6) is 0.765. The zero-order valence-corrected chi connectivity index (χ0v) is 9.68. The summed E-state index contributed by atoms with van der Waals surface area (Å²) in [4.78, 5) is 0. The first kappa shape index (κ1) is 10.8. The molecule has 1 aliphatic rings. The van der Waals surface area contributed by atoms with Crippen molar-refractivity contribution in [3.05, 3.63) is 28.8 Å². The summed E-state index contributed by atoms with van der Waals surface area (Å²) in [6, 6.07) is 6.36. The molecule has 1 heterocycles. The summed E-state index contributed by atoms with van der Waals surface area (Å²) >= 11 is 6.28. The third-order valence-electron chi connectivity index (χ3n) is 2.90. The maximum atomic E-state index is 6.28. The topological polar surface area (TPSA) is 21.3 Å². The Labute approximate surface area is 95.6 Å². The lowest BCUT2D eigenvalue weighted by molar-refractivity contribution is 0.400. The molecule has 0 spiro atoms. The smallest absolute Gasteiger partial charge is 0.137 e. The molecule has 1 N–H and O–H groups in total. The van der Waals surface area contributed by atoms with Gasteiger partial charge < -0.3 is 10.1 Å². The first-order chi connectivity index (χ1) is 7.33. The summed E-state index contributed by atoms with van der Waals surface area (Å²) in [7, 11) is 1.65. The van der Waals surface area contributed by atoms with Gasteiger partial charge in [-0.05, 0) is 31.0 Å². The molecule has 1 fully saturated rings. The van der Waals surface area contributed by atoms with Gasteiger partial charge in [-0.1, -0.05) is 30.2 Å². The van der Waals surface area contributed by atoms with Gasteiger partial charge in [0.2, 0.25) is 0 Å². The van der Waals surface area contributed by atoms with Gasteiger partial charge in [0.15, 0.2) is 0 Å². The van der Waals surface area contributed by atoms with Gasteiger partial charge in [0.1, 0.15) is 5.75 Å². The van der Waals surface area contributed by atoms with Gasteiger partial charge >= 0.3 is 0 Å². The van der Waals surface area contributed by atoms with Gasteiger partial charge in [-0.25, -0.2) is 0 Å². The number of rotatable bonds is 2. The molecule has 82 valence electrons. The molecule has 1 aromatic rings. The van der Waals surface area contributed by atoms with E-state index in [1.807, 2.05) is 12.1 Å². The summed E-state index contributed by atoms with van der Waals surface area (Å²) in [6.45, 7) is 1.08. The predicted molar refractivity (Wildman–Crippen MR) is 62.6 cm³/mol. The van der Waals surface area contributed by atoms with Gasteiger partial charge in [0.25, 0.3) is 0 Å². The maximum Gasteiger partial charge on any atom is 0.137 e. The Hall–Kier alpha value is -0.730. The van der Waals surface area contributed by atoms with Crippen LogP contribution in [0.3, 0.4) is 0 Å². The molecule has 15 heavy (non-hydrogen) atoms. The zero-order chi connectivity index (χ0) is 10.7. The molecule has 0 aliphatic carbocycles. The fourth-order valence-electron chi connectivity index (χ4n) is 2.07. The van der Waals surface area contributed by atoms with Crippen molar-refractivity contribution in [3.8, 4) is 5.75 Å². The lowest BCUT2D eigenvalue weighted by Crippen LogP contribution is -2.26. The Morgan fingerprint density at radius 2 is 2.27 bits per heavy atom. The normalized spacial score (nSPS) is 21.3. The third kappa shape index (κ3) is 2.27. The molecule has 3 heteroatoms. The Bertz CT molecular complexity index is 334. The van der Waals surface area contributed by atoms with Crippen LogP contribution < -0.4 is 10.1 Å². The highest BCUT2D eigenvalue weighted by molar-refractivity contribution is 6.32. The highest BCUT2D eigenvalue weighted by Gasteiger charge is 2.18. The molecule has 0 radical (unpaired) electrons. The lowest BCUT2D eigenvalue weighted by atomic mass is 9.97.